The minimum Gasteiger partial charge on any atom is -0.294 e. The third-order valence-electron chi connectivity index (χ3n) is 4.86. The third kappa shape index (κ3) is 2.85. The van der Waals surface area contributed by atoms with Crippen LogP contribution in [-0.2, 0) is 13.6 Å². The number of rotatable bonds is 3. The molecule has 28 heavy (non-hydrogen) atoms. The molecule has 0 unspecified atom stereocenters. The maximum absolute atomic E-state index is 12.6. The summed E-state index contributed by atoms with van der Waals surface area (Å²) in [6.45, 7) is 0.471. The lowest BCUT2D eigenvalue weighted by molar-refractivity contribution is 0.747. The smallest absolute Gasteiger partial charge is 0.263 e. The summed E-state index contributed by atoms with van der Waals surface area (Å²) >= 11 is 0. The van der Waals surface area contributed by atoms with Crippen molar-refractivity contribution in [2.75, 3.05) is 0 Å². The summed E-state index contributed by atoms with van der Waals surface area (Å²) in [5, 5.41) is 6.06. The fourth-order valence-corrected chi connectivity index (χ4v) is 3.44. The lowest BCUT2D eigenvalue weighted by atomic mass is 10.0. The molecule has 0 amide bonds. The number of benzene rings is 2. The van der Waals surface area contributed by atoms with E-state index in [1.54, 1.807) is 29.2 Å². The van der Waals surface area contributed by atoms with Crippen LogP contribution in [0.5, 0.6) is 0 Å². The van der Waals surface area contributed by atoms with E-state index in [-0.39, 0.29) is 5.56 Å². The highest BCUT2D eigenvalue weighted by atomic mass is 16.1. The van der Waals surface area contributed by atoms with E-state index in [1.807, 2.05) is 36.1 Å². The number of aryl methyl sites for hydroxylation is 1. The standard InChI is InChI=1S/C22H17N5O/c1-26-13-18-11-17(8-9-20(18)25-26)16-6-4-15(5-7-16)12-27-14-24-21-19(22(27)28)3-2-10-23-21/h2-11,13-14H,12H2,1H3. The molecule has 0 aliphatic carbocycles. The van der Waals surface area contributed by atoms with E-state index in [9.17, 15) is 4.79 Å². The van der Waals surface area contributed by atoms with E-state index in [2.05, 4.69) is 39.3 Å². The first-order valence-corrected chi connectivity index (χ1v) is 9.00. The Hall–Kier alpha value is -3.80. The van der Waals surface area contributed by atoms with Crippen molar-refractivity contribution in [2.24, 2.45) is 7.05 Å². The van der Waals surface area contributed by atoms with Gasteiger partial charge in [0.2, 0.25) is 0 Å². The van der Waals surface area contributed by atoms with Gasteiger partial charge in [0.25, 0.3) is 5.56 Å². The first kappa shape index (κ1) is 16.4. The molecule has 0 bridgehead atoms. The molecular weight excluding hydrogens is 350 g/mol. The molecule has 0 fully saturated rings. The van der Waals surface area contributed by atoms with E-state index in [4.69, 9.17) is 0 Å². The van der Waals surface area contributed by atoms with Crippen LogP contribution in [-0.4, -0.2) is 24.3 Å². The van der Waals surface area contributed by atoms with E-state index in [0.29, 0.717) is 17.6 Å². The monoisotopic (exact) mass is 367 g/mol. The second kappa shape index (κ2) is 6.42. The molecular formula is C22H17N5O. The van der Waals surface area contributed by atoms with Crippen molar-refractivity contribution in [3.63, 3.8) is 0 Å². The summed E-state index contributed by atoms with van der Waals surface area (Å²) in [6, 6.07) is 18.0. The van der Waals surface area contributed by atoms with Gasteiger partial charge in [-0.25, -0.2) is 9.97 Å². The van der Waals surface area contributed by atoms with Crippen molar-refractivity contribution < 1.29 is 0 Å². The first-order valence-electron chi connectivity index (χ1n) is 9.00. The minimum atomic E-state index is -0.0794. The molecule has 0 atom stereocenters. The molecule has 0 saturated heterocycles. The molecule has 6 heteroatoms. The Kier molecular flexibility index (Phi) is 3.76. The lowest BCUT2D eigenvalue weighted by Gasteiger charge is -2.08. The van der Waals surface area contributed by atoms with Crippen LogP contribution in [0.25, 0.3) is 33.1 Å². The van der Waals surface area contributed by atoms with Crippen LogP contribution in [0, 0.1) is 0 Å². The van der Waals surface area contributed by atoms with Gasteiger partial charge in [0.1, 0.15) is 6.33 Å². The summed E-state index contributed by atoms with van der Waals surface area (Å²) in [4.78, 5) is 21.0. The lowest BCUT2D eigenvalue weighted by Crippen LogP contribution is -2.21. The van der Waals surface area contributed by atoms with Crippen molar-refractivity contribution in [1.82, 2.24) is 24.3 Å². The second-order valence-corrected chi connectivity index (χ2v) is 6.83. The highest BCUT2D eigenvalue weighted by Crippen LogP contribution is 2.24. The van der Waals surface area contributed by atoms with E-state index >= 15 is 0 Å². The highest BCUT2D eigenvalue weighted by Gasteiger charge is 2.06. The van der Waals surface area contributed by atoms with Crippen LogP contribution in [0.3, 0.4) is 0 Å². The predicted molar refractivity (Wildman–Crippen MR) is 109 cm³/mol. The SMILES string of the molecule is Cn1cc2cc(-c3ccc(Cn4cnc5ncccc5c4=O)cc3)ccc2n1. The predicted octanol–water partition coefficient (Wildman–Crippen LogP) is 3.39. The molecule has 5 aromatic rings. The maximum Gasteiger partial charge on any atom is 0.263 e. The van der Waals surface area contributed by atoms with Gasteiger partial charge >= 0.3 is 0 Å². The Morgan fingerprint density at radius 3 is 2.64 bits per heavy atom. The molecule has 2 aromatic carbocycles. The number of fused-ring (bicyclic) bond motifs is 2. The topological polar surface area (TPSA) is 65.6 Å². The van der Waals surface area contributed by atoms with Crippen LogP contribution in [0.15, 0.2) is 78.1 Å². The Morgan fingerprint density at radius 1 is 0.964 bits per heavy atom. The summed E-state index contributed by atoms with van der Waals surface area (Å²) in [5.74, 6) is 0. The van der Waals surface area contributed by atoms with Gasteiger partial charge in [-0.2, -0.15) is 5.10 Å². The molecule has 3 heterocycles. The van der Waals surface area contributed by atoms with Gasteiger partial charge in [-0.05, 0) is 41.0 Å². The van der Waals surface area contributed by atoms with Gasteiger partial charge in [0.15, 0.2) is 5.65 Å². The van der Waals surface area contributed by atoms with Crippen molar-refractivity contribution in [3.05, 3.63) is 89.2 Å². The van der Waals surface area contributed by atoms with Gasteiger partial charge in [0, 0.05) is 24.8 Å². The van der Waals surface area contributed by atoms with Crippen molar-refractivity contribution in [1.29, 1.82) is 0 Å². The normalized spacial score (nSPS) is 11.3. The van der Waals surface area contributed by atoms with Crippen LogP contribution >= 0.6 is 0 Å². The average molecular weight is 367 g/mol. The van der Waals surface area contributed by atoms with Crippen LogP contribution in [0.4, 0.5) is 0 Å². The van der Waals surface area contributed by atoms with Gasteiger partial charge in [-0.3, -0.25) is 14.0 Å². The zero-order valence-electron chi connectivity index (χ0n) is 15.3. The number of aromatic nitrogens is 5. The number of hydrogen-bond acceptors (Lipinski definition) is 4. The van der Waals surface area contributed by atoms with Crippen LogP contribution < -0.4 is 5.56 Å². The number of hydrogen-bond donors (Lipinski definition) is 0. The van der Waals surface area contributed by atoms with E-state index in [0.717, 1.165) is 27.6 Å². The minimum absolute atomic E-state index is 0.0794. The Morgan fingerprint density at radius 2 is 1.79 bits per heavy atom. The maximum atomic E-state index is 12.6. The zero-order chi connectivity index (χ0) is 19.1. The summed E-state index contributed by atoms with van der Waals surface area (Å²) in [7, 11) is 1.92. The Labute approximate surface area is 160 Å². The van der Waals surface area contributed by atoms with E-state index < -0.39 is 0 Å². The van der Waals surface area contributed by atoms with Crippen LogP contribution in [0.1, 0.15) is 5.56 Å². The van der Waals surface area contributed by atoms with Crippen molar-refractivity contribution >= 4 is 21.9 Å². The molecule has 0 aliphatic rings. The van der Waals surface area contributed by atoms with Crippen molar-refractivity contribution in [3.8, 4) is 11.1 Å². The fourth-order valence-electron chi connectivity index (χ4n) is 3.44. The average Bonchev–Trinajstić information content (AvgIpc) is 3.10. The first-order chi connectivity index (χ1) is 13.7. The van der Waals surface area contributed by atoms with E-state index in [1.165, 1.54) is 0 Å². The number of nitrogens with zero attached hydrogens (tertiary/aromatic N) is 5. The molecule has 0 N–H and O–H groups in total. The van der Waals surface area contributed by atoms with Gasteiger partial charge in [-0.1, -0.05) is 30.3 Å². The van der Waals surface area contributed by atoms with Gasteiger partial charge < -0.3 is 0 Å². The molecule has 0 aliphatic heterocycles. The fraction of sp³-hybridized carbons (Fsp3) is 0.0909. The van der Waals surface area contributed by atoms with Gasteiger partial charge in [0.05, 0.1) is 17.4 Å². The molecule has 0 radical (unpaired) electrons. The third-order valence-corrected chi connectivity index (χ3v) is 4.86. The van der Waals surface area contributed by atoms with Crippen molar-refractivity contribution in [2.45, 2.75) is 6.54 Å². The molecule has 5 rings (SSSR count). The largest absolute Gasteiger partial charge is 0.294 e. The van der Waals surface area contributed by atoms with Crippen LogP contribution in [0.2, 0.25) is 0 Å². The second-order valence-electron chi connectivity index (χ2n) is 6.83. The molecule has 6 nitrogen and oxygen atoms in total. The Bertz CT molecular complexity index is 1370. The summed E-state index contributed by atoms with van der Waals surface area (Å²) in [5.41, 5.74) is 4.69. The molecule has 0 saturated carbocycles. The summed E-state index contributed by atoms with van der Waals surface area (Å²) < 4.78 is 3.43. The van der Waals surface area contributed by atoms with Gasteiger partial charge in [-0.15, -0.1) is 0 Å². The zero-order valence-corrected chi connectivity index (χ0v) is 15.3. The highest BCUT2D eigenvalue weighted by molar-refractivity contribution is 5.84. The molecule has 0 spiro atoms. The number of pyridine rings is 1. The Balaban J connectivity index is 1.45. The molecule has 3 aromatic heterocycles. The summed E-state index contributed by atoms with van der Waals surface area (Å²) in [6.07, 6.45) is 5.21. The molecule has 136 valence electrons. The quantitative estimate of drug-likeness (QED) is 0.490.